The second-order valence-corrected chi connectivity index (χ2v) is 4.06. The van der Waals surface area contributed by atoms with E-state index in [1.54, 1.807) is 0 Å². The Morgan fingerprint density at radius 3 is 2.40 bits per heavy atom. The third-order valence-electron chi connectivity index (χ3n) is 2.24. The molecular formula is C12H13F3N2O3. The lowest BCUT2D eigenvalue weighted by Gasteiger charge is -2.13. The first kappa shape index (κ1) is 16.0. The topological polar surface area (TPSA) is 78.4 Å². The van der Waals surface area contributed by atoms with Crippen molar-refractivity contribution in [1.29, 1.82) is 0 Å². The maximum Gasteiger partial charge on any atom is 0.418 e. The molecule has 2 amide bonds. The van der Waals surface area contributed by atoms with Gasteiger partial charge in [-0.05, 0) is 19.1 Å². The van der Waals surface area contributed by atoms with Crippen molar-refractivity contribution in [1.82, 2.24) is 5.32 Å². The summed E-state index contributed by atoms with van der Waals surface area (Å²) >= 11 is 0. The van der Waals surface area contributed by atoms with Crippen LogP contribution in [0.3, 0.4) is 0 Å². The molecule has 0 aliphatic heterocycles. The van der Waals surface area contributed by atoms with Crippen molar-refractivity contribution >= 4 is 17.5 Å². The monoisotopic (exact) mass is 290 g/mol. The minimum atomic E-state index is -4.64. The zero-order chi connectivity index (χ0) is 15.3. The van der Waals surface area contributed by atoms with E-state index in [0.29, 0.717) is 0 Å². The Labute approximate surface area is 112 Å². The second-order valence-electron chi connectivity index (χ2n) is 4.06. The van der Waals surface area contributed by atoms with Gasteiger partial charge in [-0.3, -0.25) is 9.59 Å². The molecule has 0 aliphatic carbocycles. The predicted octanol–water partition coefficient (Wildman–Crippen LogP) is 1.14. The normalized spacial score (nSPS) is 12.7. The second kappa shape index (κ2) is 6.38. The molecule has 1 rings (SSSR count). The van der Waals surface area contributed by atoms with Crippen LogP contribution in [0, 0.1) is 0 Å². The van der Waals surface area contributed by atoms with Crippen LogP contribution in [-0.2, 0) is 15.8 Å². The SMILES string of the molecule is C[C@@H](O)CNC(=O)C(=O)Nc1ccccc1C(F)(F)F. The number of carbonyl (C=O) groups excluding carboxylic acids is 2. The molecule has 0 saturated carbocycles. The minimum Gasteiger partial charge on any atom is -0.392 e. The summed E-state index contributed by atoms with van der Waals surface area (Å²) in [5.74, 6) is -2.36. The molecule has 0 aromatic heterocycles. The summed E-state index contributed by atoms with van der Waals surface area (Å²) in [5.41, 5.74) is -1.55. The molecule has 1 aromatic rings. The molecule has 8 heteroatoms. The molecule has 0 bridgehead atoms. The summed E-state index contributed by atoms with van der Waals surface area (Å²) in [6.45, 7) is 1.21. The number of halogens is 3. The van der Waals surface area contributed by atoms with E-state index in [1.807, 2.05) is 5.32 Å². The average Bonchev–Trinajstić information content (AvgIpc) is 2.35. The van der Waals surface area contributed by atoms with E-state index < -0.39 is 35.3 Å². The molecule has 0 spiro atoms. The van der Waals surface area contributed by atoms with Crippen LogP contribution in [0.15, 0.2) is 24.3 Å². The number of hydrogen-bond donors (Lipinski definition) is 3. The maximum absolute atomic E-state index is 12.7. The van der Waals surface area contributed by atoms with Crippen molar-refractivity contribution in [2.45, 2.75) is 19.2 Å². The number of carbonyl (C=O) groups is 2. The lowest BCUT2D eigenvalue weighted by atomic mass is 10.1. The van der Waals surface area contributed by atoms with Crippen molar-refractivity contribution in [3.63, 3.8) is 0 Å². The molecule has 0 radical (unpaired) electrons. The Morgan fingerprint density at radius 1 is 1.25 bits per heavy atom. The summed E-state index contributed by atoms with van der Waals surface area (Å²) < 4.78 is 38.0. The van der Waals surface area contributed by atoms with Gasteiger partial charge in [0.1, 0.15) is 0 Å². The van der Waals surface area contributed by atoms with Gasteiger partial charge in [0, 0.05) is 6.54 Å². The quantitative estimate of drug-likeness (QED) is 0.730. The van der Waals surface area contributed by atoms with E-state index in [2.05, 4.69) is 5.32 Å². The van der Waals surface area contributed by atoms with Crippen molar-refractivity contribution < 1.29 is 27.9 Å². The van der Waals surface area contributed by atoms with Crippen LogP contribution in [0.2, 0.25) is 0 Å². The molecule has 110 valence electrons. The highest BCUT2D eigenvalue weighted by Crippen LogP contribution is 2.34. The van der Waals surface area contributed by atoms with Crippen molar-refractivity contribution in [2.24, 2.45) is 0 Å². The molecule has 3 N–H and O–H groups in total. The van der Waals surface area contributed by atoms with Gasteiger partial charge in [0.15, 0.2) is 0 Å². The van der Waals surface area contributed by atoms with E-state index in [-0.39, 0.29) is 6.54 Å². The van der Waals surface area contributed by atoms with Crippen LogP contribution in [-0.4, -0.2) is 29.6 Å². The van der Waals surface area contributed by atoms with E-state index in [4.69, 9.17) is 5.11 Å². The Hall–Kier alpha value is -2.09. The van der Waals surface area contributed by atoms with Crippen LogP contribution >= 0.6 is 0 Å². The Balaban J connectivity index is 2.79. The highest BCUT2D eigenvalue weighted by molar-refractivity contribution is 6.39. The molecular weight excluding hydrogens is 277 g/mol. The number of anilines is 1. The zero-order valence-electron chi connectivity index (χ0n) is 10.5. The number of aliphatic hydroxyl groups is 1. The van der Waals surface area contributed by atoms with E-state index >= 15 is 0 Å². The number of nitrogens with one attached hydrogen (secondary N) is 2. The number of aliphatic hydroxyl groups excluding tert-OH is 1. The summed E-state index contributed by atoms with van der Waals surface area (Å²) in [4.78, 5) is 22.7. The zero-order valence-corrected chi connectivity index (χ0v) is 10.5. The number of amides is 2. The molecule has 1 aromatic carbocycles. The number of rotatable bonds is 3. The van der Waals surface area contributed by atoms with Gasteiger partial charge in [0.25, 0.3) is 0 Å². The van der Waals surface area contributed by atoms with Crippen LogP contribution in [0.1, 0.15) is 12.5 Å². The number of alkyl halides is 3. The largest absolute Gasteiger partial charge is 0.418 e. The van der Waals surface area contributed by atoms with Crippen molar-refractivity contribution in [2.75, 3.05) is 11.9 Å². The lowest BCUT2D eigenvalue weighted by Crippen LogP contribution is -2.39. The maximum atomic E-state index is 12.7. The molecule has 0 fully saturated rings. The summed E-state index contributed by atoms with van der Waals surface area (Å²) in [7, 11) is 0. The van der Waals surface area contributed by atoms with Gasteiger partial charge in [0.05, 0.1) is 17.4 Å². The Kier molecular flexibility index (Phi) is 5.09. The van der Waals surface area contributed by atoms with Gasteiger partial charge < -0.3 is 15.7 Å². The van der Waals surface area contributed by atoms with Crippen molar-refractivity contribution in [3.8, 4) is 0 Å². The minimum absolute atomic E-state index is 0.173. The predicted molar refractivity (Wildman–Crippen MR) is 64.8 cm³/mol. The van der Waals surface area contributed by atoms with E-state index in [1.165, 1.54) is 19.1 Å². The fourth-order valence-electron chi connectivity index (χ4n) is 1.34. The first-order valence-electron chi connectivity index (χ1n) is 5.65. The van der Waals surface area contributed by atoms with Crippen LogP contribution in [0.4, 0.5) is 18.9 Å². The first-order valence-corrected chi connectivity index (χ1v) is 5.65. The van der Waals surface area contributed by atoms with Crippen LogP contribution in [0.5, 0.6) is 0 Å². The molecule has 0 unspecified atom stereocenters. The fourth-order valence-corrected chi connectivity index (χ4v) is 1.34. The number of hydrogen-bond acceptors (Lipinski definition) is 3. The van der Waals surface area contributed by atoms with E-state index in [9.17, 15) is 22.8 Å². The molecule has 0 aliphatic rings. The van der Waals surface area contributed by atoms with Gasteiger partial charge in [-0.2, -0.15) is 13.2 Å². The molecule has 0 saturated heterocycles. The molecule has 5 nitrogen and oxygen atoms in total. The Morgan fingerprint density at radius 2 is 1.85 bits per heavy atom. The standard InChI is InChI=1S/C12H13F3N2O3/c1-7(18)6-16-10(19)11(20)17-9-5-3-2-4-8(9)12(13,14)15/h2-5,7,18H,6H2,1H3,(H,16,19)(H,17,20)/t7-/m1/s1. The molecule has 20 heavy (non-hydrogen) atoms. The average molecular weight is 290 g/mol. The summed E-state index contributed by atoms with van der Waals surface area (Å²) in [6, 6.07) is 4.32. The first-order chi connectivity index (χ1) is 9.21. The molecule has 1 atom stereocenters. The Bertz CT molecular complexity index is 501. The van der Waals surface area contributed by atoms with E-state index in [0.717, 1.165) is 12.1 Å². The van der Waals surface area contributed by atoms with Crippen molar-refractivity contribution in [3.05, 3.63) is 29.8 Å². The van der Waals surface area contributed by atoms with Crippen LogP contribution < -0.4 is 10.6 Å². The number of benzene rings is 1. The smallest absolute Gasteiger partial charge is 0.392 e. The summed E-state index contributed by atoms with van der Waals surface area (Å²) in [6.07, 6.45) is -5.51. The fraction of sp³-hybridized carbons (Fsp3) is 0.333. The van der Waals surface area contributed by atoms with Gasteiger partial charge in [-0.25, -0.2) is 0 Å². The number of para-hydroxylation sites is 1. The highest BCUT2D eigenvalue weighted by atomic mass is 19.4. The third kappa shape index (κ3) is 4.54. The third-order valence-corrected chi connectivity index (χ3v) is 2.24. The summed E-state index contributed by atoms with van der Waals surface area (Å²) in [5, 5.41) is 12.9. The van der Waals surface area contributed by atoms with Crippen LogP contribution in [0.25, 0.3) is 0 Å². The van der Waals surface area contributed by atoms with Gasteiger partial charge in [0.2, 0.25) is 0 Å². The van der Waals surface area contributed by atoms with Gasteiger partial charge in [-0.1, -0.05) is 12.1 Å². The molecule has 0 heterocycles. The van der Waals surface area contributed by atoms with Gasteiger partial charge in [-0.15, -0.1) is 0 Å². The highest BCUT2D eigenvalue weighted by Gasteiger charge is 2.33. The lowest BCUT2D eigenvalue weighted by molar-refractivity contribution is -0.138. The van der Waals surface area contributed by atoms with Gasteiger partial charge >= 0.3 is 18.0 Å².